The number of halogens is 1. The van der Waals surface area contributed by atoms with Crippen LogP contribution in [0.4, 0.5) is 0 Å². The molecule has 1 aliphatic heterocycles. The van der Waals surface area contributed by atoms with Crippen molar-refractivity contribution in [2.24, 2.45) is 0 Å². The van der Waals surface area contributed by atoms with Crippen LogP contribution in [0.25, 0.3) is 6.08 Å². The molecule has 1 fully saturated rings. The van der Waals surface area contributed by atoms with Crippen molar-refractivity contribution >= 4 is 56.2 Å². The Balaban J connectivity index is 1.88. The highest BCUT2D eigenvalue weighted by Crippen LogP contribution is 2.39. The quantitative estimate of drug-likeness (QED) is 0.460. The largest absolute Gasteiger partial charge is 0.492 e. The number of ether oxygens (including phenoxy) is 2. The monoisotopic (exact) mass is 453 g/mol. The fourth-order valence-corrected chi connectivity index (χ4v) is 4.36. The predicted octanol–water partition coefficient (Wildman–Crippen LogP) is 4.85. The van der Waals surface area contributed by atoms with E-state index in [4.69, 9.17) is 26.1 Å². The summed E-state index contributed by atoms with van der Waals surface area (Å²) in [5, 5.41) is 0. The molecule has 8 heteroatoms. The molecule has 0 N–H and O–H groups in total. The second-order valence-corrected chi connectivity index (χ2v) is 7.84. The molecule has 5 nitrogen and oxygen atoms in total. The molecule has 2 aromatic rings. The van der Waals surface area contributed by atoms with E-state index >= 15 is 0 Å². The number of thiocarbonyl (C=S) groups is 1. The Morgan fingerprint density at radius 1 is 1.42 bits per heavy atom. The number of rotatable bonds is 6. The van der Waals surface area contributed by atoms with E-state index in [1.165, 1.54) is 16.7 Å². The summed E-state index contributed by atoms with van der Waals surface area (Å²) in [7, 11) is 1.59. The predicted molar refractivity (Wildman–Crippen MR) is 109 cm³/mol. The number of furan rings is 1. The molecule has 0 unspecified atom stereocenters. The Bertz CT molecular complexity index is 864. The van der Waals surface area contributed by atoms with Crippen molar-refractivity contribution in [1.29, 1.82) is 0 Å². The van der Waals surface area contributed by atoms with E-state index in [-0.39, 0.29) is 5.91 Å². The van der Waals surface area contributed by atoms with Crippen molar-refractivity contribution < 1.29 is 18.7 Å². The number of hydrogen-bond acceptors (Lipinski definition) is 6. The highest BCUT2D eigenvalue weighted by atomic mass is 79.9. The van der Waals surface area contributed by atoms with Gasteiger partial charge >= 0.3 is 0 Å². The number of thioether (sulfide) groups is 1. The van der Waals surface area contributed by atoms with Gasteiger partial charge in [-0.25, -0.2) is 0 Å². The first kappa shape index (κ1) is 19.0. The van der Waals surface area contributed by atoms with Crippen LogP contribution in [0.3, 0.4) is 0 Å². The van der Waals surface area contributed by atoms with Crippen molar-refractivity contribution in [2.75, 3.05) is 13.7 Å². The number of carbonyl (C=O) groups excluding carboxylic acids is 1. The third-order valence-electron chi connectivity index (χ3n) is 3.60. The maximum atomic E-state index is 12.7. The minimum Gasteiger partial charge on any atom is -0.492 e. The molecule has 0 atom stereocenters. The molecule has 0 bridgehead atoms. The lowest BCUT2D eigenvalue weighted by Gasteiger charge is -2.13. The van der Waals surface area contributed by atoms with Gasteiger partial charge in [0, 0.05) is 0 Å². The van der Waals surface area contributed by atoms with Crippen LogP contribution < -0.4 is 9.47 Å². The molecule has 0 spiro atoms. The lowest BCUT2D eigenvalue weighted by Crippen LogP contribution is -2.27. The molecule has 1 aromatic carbocycles. The van der Waals surface area contributed by atoms with Crippen molar-refractivity contribution in [3.8, 4) is 11.5 Å². The Morgan fingerprint density at radius 2 is 2.23 bits per heavy atom. The maximum Gasteiger partial charge on any atom is 0.266 e. The van der Waals surface area contributed by atoms with E-state index in [1.807, 2.05) is 25.1 Å². The zero-order chi connectivity index (χ0) is 18.7. The van der Waals surface area contributed by atoms with E-state index in [2.05, 4.69) is 15.9 Å². The van der Waals surface area contributed by atoms with Crippen LogP contribution in [0.15, 0.2) is 44.3 Å². The average molecular weight is 454 g/mol. The Labute approximate surface area is 169 Å². The third-order valence-corrected chi connectivity index (χ3v) is 5.57. The van der Waals surface area contributed by atoms with Gasteiger partial charge in [-0.3, -0.25) is 9.69 Å². The smallest absolute Gasteiger partial charge is 0.266 e. The maximum absolute atomic E-state index is 12.7. The molecule has 1 aliphatic rings. The number of amides is 1. The van der Waals surface area contributed by atoms with Gasteiger partial charge in [0.05, 0.1) is 35.9 Å². The summed E-state index contributed by atoms with van der Waals surface area (Å²) in [5.74, 6) is 1.78. The van der Waals surface area contributed by atoms with Crippen molar-refractivity contribution in [3.05, 3.63) is 51.2 Å². The molecule has 1 amide bonds. The first-order chi connectivity index (χ1) is 12.5. The molecule has 1 saturated heterocycles. The summed E-state index contributed by atoms with van der Waals surface area (Å²) >= 11 is 10.1. The molecule has 0 saturated carbocycles. The van der Waals surface area contributed by atoms with Crippen LogP contribution in [0.5, 0.6) is 11.5 Å². The summed E-state index contributed by atoms with van der Waals surface area (Å²) in [6, 6.07) is 7.32. The number of hydrogen-bond donors (Lipinski definition) is 0. The highest BCUT2D eigenvalue weighted by Gasteiger charge is 2.32. The van der Waals surface area contributed by atoms with Gasteiger partial charge in [0.25, 0.3) is 5.91 Å². The summed E-state index contributed by atoms with van der Waals surface area (Å²) in [6.07, 6.45) is 3.38. The van der Waals surface area contributed by atoms with Crippen molar-refractivity contribution in [1.82, 2.24) is 4.90 Å². The van der Waals surface area contributed by atoms with Gasteiger partial charge in [-0.2, -0.15) is 0 Å². The van der Waals surface area contributed by atoms with Crippen molar-refractivity contribution in [2.45, 2.75) is 13.5 Å². The van der Waals surface area contributed by atoms with Crippen LogP contribution in [-0.2, 0) is 11.3 Å². The van der Waals surface area contributed by atoms with Gasteiger partial charge in [-0.05, 0) is 58.8 Å². The fourth-order valence-electron chi connectivity index (χ4n) is 2.48. The van der Waals surface area contributed by atoms with E-state index < -0.39 is 0 Å². The van der Waals surface area contributed by atoms with Crippen LogP contribution in [0.2, 0.25) is 0 Å². The zero-order valence-electron chi connectivity index (χ0n) is 14.2. The first-order valence-corrected chi connectivity index (χ1v) is 9.83. The lowest BCUT2D eigenvalue weighted by molar-refractivity contribution is -0.122. The molecule has 26 heavy (non-hydrogen) atoms. The standard InChI is InChI=1S/C18H16BrNO4S2/c1-3-23-14-8-11(7-13(19)16(14)22-2)9-15-17(21)20(18(25)26-15)10-12-5-4-6-24-12/h4-9H,3,10H2,1-2H3. The van der Waals surface area contributed by atoms with Crippen LogP contribution >= 0.6 is 39.9 Å². The molecule has 1 aromatic heterocycles. The fraction of sp³-hybridized carbons (Fsp3) is 0.222. The van der Waals surface area contributed by atoms with Gasteiger partial charge in [0.15, 0.2) is 11.5 Å². The molecular weight excluding hydrogens is 438 g/mol. The normalized spacial score (nSPS) is 15.8. The van der Waals surface area contributed by atoms with E-state index in [0.717, 1.165) is 10.0 Å². The number of nitrogens with zero attached hydrogens (tertiary/aromatic N) is 1. The molecule has 0 aliphatic carbocycles. The molecule has 136 valence electrons. The first-order valence-electron chi connectivity index (χ1n) is 7.81. The number of benzene rings is 1. The molecule has 0 radical (unpaired) electrons. The highest BCUT2D eigenvalue weighted by molar-refractivity contribution is 9.10. The van der Waals surface area contributed by atoms with Gasteiger partial charge < -0.3 is 13.9 Å². The lowest BCUT2D eigenvalue weighted by atomic mass is 10.2. The van der Waals surface area contributed by atoms with Crippen LogP contribution in [0.1, 0.15) is 18.2 Å². The number of methoxy groups -OCH3 is 1. The Kier molecular flexibility index (Phi) is 6.05. The van der Waals surface area contributed by atoms with E-state index in [0.29, 0.717) is 39.6 Å². The van der Waals surface area contributed by atoms with Crippen molar-refractivity contribution in [3.63, 3.8) is 0 Å². The third kappa shape index (κ3) is 3.97. The van der Waals surface area contributed by atoms with E-state index in [1.54, 1.807) is 25.5 Å². The minimum atomic E-state index is -0.138. The molecule has 2 heterocycles. The van der Waals surface area contributed by atoms with Gasteiger partial charge in [-0.15, -0.1) is 0 Å². The van der Waals surface area contributed by atoms with Crippen LogP contribution in [-0.4, -0.2) is 28.8 Å². The topological polar surface area (TPSA) is 51.9 Å². The average Bonchev–Trinajstić information content (AvgIpc) is 3.20. The van der Waals surface area contributed by atoms with Crippen LogP contribution in [0, 0.1) is 0 Å². The van der Waals surface area contributed by atoms with Gasteiger partial charge in [0.2, 0.25) is 0 Å². The summed E-state index contributed by atoms with van der Waals surface area (Å²) in [4.78, 5) is 14.8. The summed E-state index contributed by atoms with van der Waals surface area (Å²) in [5.41, 5.74) is 0.819. The SMILES string of the molecule is CCOc1cc(C=C2SC(=S)N(Cc3ccco3)C2=O)cc(Br)c1OC. The van der Waals surface area contributed by atoms with Gasteiger partial charge in [-0.1, -0.05) is 24.0 Å². The summed E-state index contributed by atoms with van der Waals surface area (Å²) < 4.78 is 17.6. The molecular formula is C18H16BrNO4S2. The Hall–Kier alpha value is -1.77. The minimum absolute atomic E-state index is 0.138. The van der Waals surface area contributed by atoms with Gasteiger partial charge in [0.1, 0.15) is 10.1 Å². The second-order valence-electron chi connectivity index (χ2n) is 5.31. The number of carbonyl (C=O) groups is 1. The second kappa shape index (κ2) is 8.28. The van der Waals surface area contributed by atoms with E-state index in [9.17, 15) is 4.79 Å². The zero-order valence-corrected chi connectivity index (χ0v) is 17.4. The molecule has 3 rings (SSSR count). The summed E-state index contributed by atoms with van der Waals surface area (Å²) in [6.45, 7) is 2.74. The Morgan fingerprint density at radius 3 is 2.88 bits per heavy atom.